The molecular weight excluding hydrogens is 372 g/mol. The first-order valence-electron chi connectivity index (χ1n) is 10.1. The summed E-state index contributed by atoms with van der Waals surface area (Å²) in [6.45, 7) is 3.38. The molecule has 150 valence electrons. The number of aryl methyl sites for hydroxylation is 1. The molecule has 0 saturated heterocycles. The highest BCUT2D eigenvalue weighted by molar-refractivity contribution is 5.71. The Morgan fingerprint density at radius 1 is 1.00 bits per heavy atom. The third-order valence-corrected chi connectivity index (χ3v) is 5.24. The number of ether oxygens (including phenoxy) is 2. The van der Waals surface area contributed by atoms with Crippen molar-refractivity contribution in [2.75, 3.05) is 6.54 Å². The van der Waals surface area contributed by atoms with E-state index in [-0.39, 0.29) is 6.04 Å². The Hall–Kier alpha value is -3.55. The fourth-order valence-electron chi connectivity index (χ4n) is 3.82. The minimum atomic E-state index is -0.151. The molecule has 30 heavy (non-hydrogen) atoms. The molecule has 0 radical (unpaired) electrons. The molecule has 4 nitrogen and oxygen atoms in total. The largest absolute Gasteiger partial charge is 0.489 e. The van der Waals surface area contributed by atoms with E-state index in [2.05, 4.69) is 30.4 Å². The second kappa shape index (κ2) is 9.30. The summed E-state index contributed by atoms with van der Waals surface area (Å²) in [5, 5.41) is 12.8. The van der Waals surface area contributed by atoms with E-state index in [0.29, 0.717) is 12.4 Å². The molecule has 1 unspecified atom stereocenters. The molecule has 1 N–H and O–H groups in total. The Labute approximate surface area is 177 Å². The average Bonchev–Trinajstić information content (AvgIpc) is 2.79. The average molecular weight is 396 g/mol. The summed E-state index contributed by atoms with van der Waals surface area (Å²) in [7, 11) is 0. The minimum Gasteiger partial charge on any atom is -0.489 e. The molecule has 1 heterocycles. The minimum absolute atomic E-state index is 0.151. The molecule has 1 aliphatic rings. The van der Waals surface area contributed by atoms with Crippen molar-refractivity contribution >= 4 is 5.57 Å². The van der Waals surface area contributed by atoms with Crippen LogP contribution in [0.4, 0.5) is 0 Å². The van der Waals surface area contributed by atoms with Gasteiger partial charge in [0, 0.05) is 12.1 Å². The first-order valence-corrected chi connectivity index (χ1v) is 10.1. The van der Waals surface area contributed by atoms with Crippen LogP contribution in [0, 0.1) is 18.4 Å². The fraction of sp³-hybridized carbons (Fsp3) is 0.192. The summed E-state index contributed by atoms with van der Waals surface area (Å²) in [6, 6.07) is 26.2. The lowest BCUT2D eigenvalue weighted by Gasteiger charge is -2.28. The second-order valence-corrected chi connectivity index (χ2v) is 7.39. The predicted molar refractivity (Wildman–Crippen MR) is 117 cm³/mol. The molecule has 1 aliphatic heterocycles. The normalized spacial score (nSPS) is 16.1. The number of benzene rings is 3. The number of nitrogens with zero attached hydrogens (tertiary/aromatic N) is 1. The molecule has 0 spiro atoms. The van der Waals surface area contributed by atoms with E-state index < -0.39 is 0 Å². The Balaban J connectivity index is 1.64. The molecule has 3 aromatic carbocycles. The van der Waals surface area contributed by atoms with E-state index in [4.69, 9.17) is 9.47 Å². The van der Waals surface area contributed by atoms with Gasteiger partial charge in [-0.1, -0.05) is 72.3 Å². The maximum absolute atomic E-state index is 9.31. The predicted octanol–water partition coefficient (Wildman–Crippen LogP) is 5.52. The van der Waals surface area contributed by atoms with Crippen molar-refractivity contribution in [3.8, 4) is 12.0 Å². The number of hydrogen-bond donors (Lipinski definition) is 1. The van der Waals surface area contributed by atoms with Gasteiger partial charge in [0.1, 0.15) is 18.1 Å². The van der Waals surface area contributed by atoms with E-state index in [1.165, 1.54) is 5.56 Å². The zero-order chi connectivity index (χ0) is 20.8. The molecule has 4 heteroatoms. The van der Waals surface area contributed by atoms with Crippen molar-refractivity contribution in [2.45, 2.75) is 26.0 Å². The van der Waals surface area contributed by atoms with Crippen LogP contribution in [0.15, 0.2) is 84.6 Å². The lowest BCUT2D eigenvalue weighted by atomic mass is 9.91. The standard InChI is InChI=1S/C26H24N2O2/c1-19-7-5-11-22(15-19)25-26(30-18-27)24(13-14-28-25)21-10-6-12-23(16-21)29-17-20-8-3-2-4-9-20/h2-12,15-16,25,28H,13-14,17H2,1H3. The summed E-state index contributed by atoms with van der Waals surface area (Å²) in [5.74, 6) is 1.46. The van der Waals surface area contributed by atoms with Gasteiger partial charge in [0.25, 0.3) is 6.26 Å². The van der Waals surface area contributed by atoms with Gasteiger partial charge in [-0.25, -0.2) is 0 Å². The number of hydrogen-bond acceptors (Lipinski definition) is 4. The van der Waals surface area contributed by atoms with Crippen LogP contribution in [0.3, 0.4) is 0 Å². The van der Waals surface area contributed by atoms with Gasteiger partial charge in [-0.05, 0) is 42.2 Å². The van der Waals surface area contributed by atoms with Gasteiger partial charge in [0.15, 0.2) is 0 Å². The van der Waals surface area contributed by atoms with Crippen LogP contribution in [0.5, 0.6) is 5.75 Å². The SMILES string of the molecule is Cc1cccc(C2NCCC(c3cccc(OCc4ccccc4)c3)=C2OC#N)c1. The first-order chi connectivity index (χ1) is 14.7. The van der Waals surface area contributed by atoms with Crippen LogP contribution in [0.25, 0.3) is 5.57 Å². The van der Waals surface area contributed by atoms with Gasteiger partial charge >= 0.3 is 0 Å². The highest BCUT2D eigenvalue weighted by Crippen LogP contribution is 2.36. The maximum Gasteiger partial charge on any atom is 0.291 e. The van der Waals surface area contributed by atoms with Crippen molar-refractivity contribution in [3.63, 3.8) is 0 Å². The molecular formula is C26H24N2O2. The highest BCUT2D eigenvalue weighted by atomic mass is 16.5. The maximum atomic E-state index is 9.31. The topological polar surface area (TPSA) is 54.3 Å². The molecule has 0 bridgehead atoms. The van der Waals surface area contributed by atoms with Crippen LogP contribution < -0.4 is 10.1 Å². The third-order valence-electron chi connectivity index (χ3n) is 5.24. The summed E-state index contributed by atoms with van der Waals surface area (Å²) < 4.78 is 11.5. The Kier molecular flexibility index (Phi) is 6.12. The van der Waals surface area contributed by atoms with E-state index in [0.717, 1.165) is 41.0 Å². The van der Waals surface area contributed by atoms with E-state index in [1.807, 2.05) is 66.9 Å². The van der Waals surface area contributed by atoms with Crippen molar-refractivity contribution in [1.29, 1.82) is 5.26 Å². The highest BCUT2D eigenvalue weighted by Gasteiger charge is 2.27. The van der Waals surface area contributed by atoms with E-state index >= 15 is 0 Å². The molecule has 0 aliphatic carbocycles. The van der Waals surface area contributed by atoms with Crippen molar-refractivity contribution in [1.82, 2.24) is 5.32 Å². The Morgan fingerprint density at radius 3 is 2.63 bits per heavy atom. The van der Waals surface area contributed by atoms with Gasteiger partial charge in [0.05, 0.1) is 6.04 Å². The van der Waals surface area contributed by atoms with Gasteiger partial charge in [-0.2, -0.15) is 0 Å². The van der Waals surface area contributed by atoms with Crippen LogP contribution in [-0.4, -0.2) is 6.54 Å². The van der Waals surface area contributed by atoms with Crippen LogP contribution in [0.2, 0.25) is 0 Å². The lowest BCUT2D eigenvalue weighted by Crippen LogP contribution is -2.30. The number of nitriles is 1. The first kappa shape index (κ1) is 19.8. The van der Waals surface area contributed by atoms with Gasteiger partial charge in [0.2, 0.25) is 0 Å². The quantitative estimate of drug-likeness (QED) is 0.558. The van der Waals surface area contributed by atoms with Gasteiger partial charge in [-0.3, -0.25) is 0 Å². The van der Waals surface area contributed by atoms with Crippen molar-refractivity contribution in [2.24, 2.45) is 0 Å². The molecule has 0 saturated carbocycles. The zero-order valence-electron chi connectivity index (χ0n) is 17.0. The van der Waals surface area contributed by atoms with Crippen LogP contribution in [-0.2, 0) is 11.3 Å². The third kappa shape index (κ3) is 4.53. The summed E-state index contributed by atoms with van der Waals surface area (Å²) in [5.41, 5.74) is 5.44. The molecule has 0 amide bonds. The lowest BCUT2D eigenvalue weighted by molar-refractivity contribution is 0.305. The molecule has 1 atom stereocenters. The smallest absolute Gasteiger partial charge is 0.291 e. The Bertz CT molecular complexity index is 1080. The number of nitrogens with one attached hydrogen (secondary N) is 1. The summed E-state index contributed by atoms with van der Waals surface area (Å²) >= 11 is 0. The zero-order valence-corrected chi connectivity index (χ0v) is 17.0. The van der Waals surface area contributed by atoms with Crippen LogP contribution >= 0.6 is 0 Å². The monoisotopic (exact) mass is 396 g/mol. The fourth-order valence-corrected chi connectivity index (χ4v) is 3.82. The second-order valence-electron chi connectivity index (χ2n) is 7.39. The van der Waals surface area contributed by atoms with Crippen molar-refractivity contribution in [3.05, 3.63) is 107 Å². The molecule has 3 aromatic rings. The molecule has 0 fully saturated rings. The molecule has 0 aromatic heterocycles. The number of rotatable bonds is 6. The van der Waals surface area contributed by atoms with Crippen molar-refractivity contribution < 1.29 is 9.47 Å². The van der Waals surface area contributed by atoms with Crippen LogP contribution in [0.1, 0.15) is 34.7 Å². The van der Waals surface area contributed by atoms with E-state index in [1.54, 1.807) is 0 Å². The van der Waals surface area contributed by atoms with Gasteiger partial charge < -0.3 is 14.8 Å². The summed E-state index contributed by atoms with van der Waals surface area (Å²) in [4.78, 5) is 0. The van der Waals surface area contributed by atoms with Gasteiger partial charge in [-0.15, -0.1) is 5.26 Å². The Morgan fingerprint density at radius 2 is 1.83 bits per heavy atom. The molecule has 4 rings (SSSR count). The summed E-state index contributed by atoms with van der Waals surface area (Å²) in [6.07, 6.45) is 2.66. The van der Waals surface area contributed by atoms with E-state index in [9.17, 15) is 5.26 Å².